The Morgan fingerprint density at radius 2 is 1.53 bits per heavy atom. The standard InChI is InChI=1S/C25H27N3O4S2/c1-19-12-13-23(33-19)34(31,32)28-16-14-27(15-17-28)25(30)22(18-20-8-4-2-5-9-20)26-24(29)21-10-6-3-7-11-21/h2-13,22H,14-18H2,1H3,(H,26,29). The zero-order valence-electron chi connectivity index (χ0n) is 18.9. The molecule has 1 aliphatic rings. The van der Waals surface area contributed by atoms with Gasteiger partial charge in [0.2, 0.25) is 5.91 Å². The lowest BCUT2D eigenvalue weighted by Crippen LogP contribution is -2.56. The van der Waals surface area contributed by atoms with Gasteiger partial charge in [0.25, 0.3) is 15.9 Å². The maximum atomic E-state index is 13.4. The van der Waals surface area contributed by atoms with E-state index in [1.165, 1.54) is 15.6 Å². The van der Waals surface area contributed by atoms with E-state index in [0.717, 1.165) is 10.4 Å². The van der Waals surface area contributed by atoms with Crippen LogP contribution in [0, 0.1) is 6.92 Å². The monoisotopic (exact) mass is 497 g/mol. The number of nitrogens with zero attached hydrogens (tertiary/aromatic N) is 2. The average Bonchev–Trinajstić information content (AvgIpc) is 3.31. The van der Waals surface area contributed by atoms with Crippen LogP contribution in [-0.4, -0.2) is 61.7 Å². The van der Waals surface area contributed by atoms with Crippen molar-refractivity contribution >= 4 is 33.2 Å². The Balaban J connectivity index is 1.46. The maximum absolute atomic E-state index is 13.4. The largest absolute Gasteiger partial charge is 0.340 e. The number of hydrogen-bond acceptors (Lipinski definition) is 5. The molecular weight excluding hydrogens is 470 g/mol. The highest BCUT2D eigenvalue weighted by Gasteiger charge is 2.33. The fourth-order valence-corrected chi connectivity index (χ4v) is 6.79. The van der Waals surface area contributed by atoms with Crippen LogP contribution in [0.1, 0.15) is 20.8 Å². The van der Waals surface area contributed by atoms with E-state index in [9.17, 15) is 18.0 Å². The van der Waals surface area contributed by atoms with Gasteiger partial charge in [-0.2, -0.15) is 4.31 Å². The van der Waals surface area contributed by atoms with Crippen LogP contribution in [0.5, 0.6) is 0 Å². The second kappa shape index (κ2) is 10.5. The van der Waals surface area contributed by atoms with E-state index in [1.807, 2.05) is 43.3 Å². The zero-order chi connectivity index (χ0) is 24.1. The van der Waals surface area contributed by atoms with Crippen LogP contribution in [0.4, 0.5) is 0 Å². The van der Waals surface area contributed by atoms with Gasteiger partial charge < -0.3 is 10.2 Å². The topological polar surface area (TPSA) is 86.8 Å². The first kappa shape index (κ1) is 24.1. The third-order valence-corrected chi connectivity index (χ3v) is 9.15. The van der Waals surface area contributed by atoms with E-state index < -0.39 is 16.1 Å². The van der Waals surface area contributed by atoms with Crippen LogP contribution >= 0.6 is 11.3 Å². The van der Waals surface area contributed by atoms with Gasteiger partial charge in [0, 0.05) is 43.0 Å². The van der Waals surface area contributed by atoms with Crippen LogP contribution in [-0.2, 0) is 21.2 Å². The van der Waals surface area contributed by atoms with Gasteiger partial charge >= 0.3 is 0 Å². The van der Waals surface area contributed by atoms with Crippen molar-refractivity contribution in [3.63, 3.8) is 0 Å². The number of carbonyl (C=O) groups excluding carboxylic acids is 2. The highest BCUT2D eigenvalue weighted by Crippen LogP contribution is 2.25. The molecule has 1 saturated heterocycles. The Kier molecular flexibility index (Phi) is 7.45. The summed E-state index contributed by atoms with van der Waals surface area (Å²) in [5, 5.41) is 2.89. The summed E-state index contributed by atoms with van der Waals surface area (Å²) in [4.78, 5) is 28.8. The van der Waals surface area contributed by atoms with Gasteiger partial charge in [0.1, 0.15) is 10.3 Å². The van der Waals surface area contributed by atoms with E-state index in [-0.39, 0.29) is 38.0 Å². The number of benzene rings is 2. The molecule has 2 aromatic carbocycles. The van der Waals surface area contributed by atoms with Gasteiger partial charge in [-0.1, -0.05) is 48.5 Å². The second-order valence-electron chi connectivity index (χ2n) is 8.18. The number of piperazine rings is 1. The van der Waals surface area contributed by atoms with Crippen molar-refractivity contribution in [1.82, 2.24) is 14.5 Å². The van der Waals surface area contributed by atoms with E-state index in [1.54, 1.807) is 41.3 Å². The van der Waals surface area contributed by atoms with E-state index >= 15 is 0 Å². The summed E-state index contributed by atoms with van der Waals surface area (Å²) in [6.07, 6.45) is 0.352. The number of sulfonamides is 1. The third kappa shape index (κ3) is 5.55. The van der Waals surface area contributed by atoms with Crippen molar-refractivity contribution in [2.45, 2.75) is 23.6 Å². The molecule has 4 rings (SSSR count). The van der Waals surface area contributed by atoms with Gasteiger partial charge in [0.05, 0.1) is 0 Å². The maximum Gasteiger partial charge on any atom is 0.252 e. The minimum absolute atomic E-state index is 0.211. The summed E-state index contributed by atoms with van der Waals surface area (Å²) in [5.41, 5.74) is 1.42. The van der Waals surface area contributed by atoms with Crippen molar-refractivity contribution in [2.75, 3.05) is 26.2 Å². The number of carbonyl (C=O) groups is 2. The van der Waals surface area contributed by atoms with E-state index in [4.69, 9.17) is 0 Å². The van der Waals surface area contributed by atoms with E-state index in [0.29, 0.717) is 16.2 Å². The molecule has 0 spiro atoms. The first-order chi connectivity index (χ1) is 16.3. The quantitative estimate of drug-likeness (QED) is 0.544. The van der Waals surface area contributed by atoms with Crippen LogP contribution in [0.2, 0.25) is 0 Å². The predicted octanol–water partition coefficient (Wildman–Crippen LogP) is 2.93. The summed E-state index contributed by atoms with van der Waals surface area (Å²) in [5.74, 6) is -0.527. The Morgan fingerprint density at radius 3 is 2.12 bits per heavy atom. The van der Waals surface area contributed by atoms with E-state index in [2.05, 4.69) is 5.32 Å². The Morgan fingerprint density at radius 1 is 0.912 bits per heavy atom. The molecule has 0 radical (unpaired) electrons. The molecule has 0 aliphatic carbocycles. The minimum Gasteiger partial charge on any atom is -0.340 e. The molecule has 9 heteroatoms. The van der Waals surface area contributed by atoms with Gasteiger partial charge in [-0.15, -0.1) is 11.3 Å². The molecule has 7 nitrogen and oxygen atoms in total. The molecule has 3 aromatic rings. The molecule has 2 heterocycles. The summed E-state index contributed by atoms with van der Waals surface area (Å²) in [7, 11) is -3.57. The number of nitrogens with one attached hydrogen (secondary N) is 1. The van der Waals surface area contributed by atoms with Gasteiger partial charge in [-0.05, 0) is 36.8 Å². The molecule has 1 N–H and O–H groups in total. The number of aryl methyl sites for hydroxylation is 1. The highest BCUT2D eigenvalue weighted by molar-refractivity contribution is 7.91. The highest BCUT2D eigenvalue weighted by atomic mass is 32.2. The molecule has 1 aromatic heterocycles. The first-order valence-electron chi connectivity index (χ1n) is 11.1. The molecule has 1 aliphatic heterocycles. The number of thiophene rings is 1. The van der Waals surface area contributed by atoms with Crippen LogP contribution in [0.15, 0.2) is 77.0 Å². The van der Waals surface area contributed by atoms with Crippen molar-refractivity contribution in [1.29, 1.82) is 0 Å². The summed E-state index contributed by atoms with van der Waals surface area (Å²) in [6, 6.07) is 21.0. The fourth-order valence-electron chi connectivity index (χ4n) is 3.93. The smallest absolute Gasteiger partial charge is 0.252 e. The van der Waals surface area contributed by atoms with Crippen molar-refractivity contribution < 1.29 is 18.0 Å². The lowest BCUT2D eigenvalue weighted by molar-refractivity contribution is -0.134. The van der Waals surface area contributed by atoms with Crippen LogP contribution in [0.25, 0.3) is 0 Å². The summed E-state index contributed by atoms with van der Waals surface area (Å²) in [6.45, 7) is 2.85. The van der Waals surface area contributed by atoms with Gasteiger partial charge in [0.15, 0.2) is 0 Å². The Hall–Kier alpha value is -3.01. The Bertz CT molecular complexity index is 1240. The average molecular weight is 498 g/mol. The molecule has 1 unspecified atom stereocenters. The third-order valence-electron chi connectivity index (χ3n) is 5.78. The summed E-state index contributed by atoms with van der Waals surface area (Å²) >= 11 is 1.25. The van der Waals surface area contributed by atoms with Crippen molar-refractivity contribution in [3.8, 4) is 0 Å². The molecular formula is C25H27N3O4S2. The van der Waals surface area contributed by atoms with Gasteiger partial charge in [-0.25, -0.2) is 8.42 Å². The lowest BCUT2D eigenvalue weighted by Gasteiger charge is -2.35. The van der Waals surface area contributed by atoms with Crippen molar-refractivity contribution in [3.05, 3.63) is 88.8 Å². The molecule has 2 amide bonds. The molecule has 178 valence electrons. The summed E-state index contributed by atoms with van der Waals surface area (Å²) < 4.78 is 27.6. The van der Waals surface area contributed by atoms with Crippen LogP contribution < -0.4 is 5.32 Å². The Labute approximate surface area is 204 Å². The van der Waals surface area contributed by atoms with Crippen LogP contribution in [0.3, 0.4) is 0 Å². The number of hydrogen-bond donors (Lipinski definition) is 1. The van der Waals surface area contributed by atoms with Gasteiger partial charge in [-0.3, -0.25) is 9.59 Å². The first-order valence-corrected chi connectivity index (χ1v) is 13.4. The molecule has 1 fully saturated rings. The normalized spacial score (nSPS) is 15.6. The number of rotatable bonds is 7. The SMILES string of the molecule is Cc1ccc(S(=O)(=O)N2CCN(C(=O)C(Cc3ccccc3)NC(=O)c3ccccc3)CC2)s1. The fraction of sp³-hybridized carbons (Fsp3) is 0.280. The minimum atomic E-state index is -3.57. The zero-order valence-corrected chi connectivity index (χ0v) is 20.5. The lowest BCUT2D eigenvalue weighted by atomic mass is 10.0. The molecule has 0 bridgehead atoms. The molecule has 0 saturated carbocycles. The number of amides is 2. The second-order valence-corrected chi connectivity index (χ2v) is 11.6. The van der Waals surface area contributed by atoms with Crippen molar-refractivity contribution in [2.24, 2.45) is 0 Å². The molecule has 34 heavy (non-hydrogen) atoms. The predicted molar refractivity (Wildman–Crippen MR) is 132 cm³/mol. The molecule has 1 atom stereocenters.